The van der Waals surface area contributed by atoms with Gasteiger partial charge in [0, 0.05) is 18.4 Å². The van der Waals surface area contributed by atoms with E-state index >= 15 is 0 Å². The van der Waals surface area contributed by atoms with Gasteiger partial charge in [0.05, 0.1) is 13.2 Å². The molecule has 1 fully saturated rings. The summed E-state index contributed by atoms with van der Waals surface area (Å²) in [7, 11) is -0.496. The van der Waals surface area contributed by atoms with E-state index in [0.717, 1.165) is 24.8 Å². The Kier molecular flexibility index (Phi) is 10.5. The maximum Gasteiger partial charge on any atom is 0.305 e. The molecule has 1 atom stereocenters. The lowest BCUT2D eigenvalue weighted by atomic mass is 9.82. The molecule has 1 aromatic rings. The first-order valence-corrected chi connectivity index (χ1v) is 17.2. The van der Waals surface area contributed by atoms with Gasteiger partial charge in [-0.2, -0.15) is 0 Å². The summed E-state index contributed by atoms with van der Waals surface area (Å²) in [6.45, 7) is 11.7. The predicted molar refractivity (Wildman–Crippen MR) is 155 cm³/mol. The van der Waals surface area contributed by atoms with Crippen molar-refractivity contribution < 1.29 is 18.8 Å². The number of hydrogen-bond donors (Lipinski definition) is 0. The number of unbranched alkanes of at least 4 members (excludes halogenated alkanes) is 1. The molecule has 0 spiro atoms. The van der Waals surface area contributed by atoms with E-state index in [1.165, 1.54) is 55.9 Å². The van der Waals surface area contributed by atoms with Crippen LogP contribution in [-0.2, 0) is 18.8 Å². The number of benzene rings is 1. The number of carbonyl (C=O) groups is 2. The van der Waals surface area contributed by atoms with Gasteiger partial charge in [-0.1, -0.05) is 76.5 Å². The van der Waals surface area contributed by atoms with Gasteiger partial charge in [-0.05, 0) is 79.3 Å². The van der Waals surface area contributed by atoms with E-state index < -0.39 is 8.32 Å². The maximum absolute atomic E-state index is 12.7. The van der Waals surface area contributed by atoms with Gasteiger partial charge in [-0.15, -0.1) is 0 Å². The molecular weight excluding hydrogens is 476 g/mol. The van der Waals surface area contributed by atoms with Crippen molar-refractivity contribution in [2.75, 3.05) is 7.11 Å². The van der Waals surface area contributed by atoms with E-state index in [-0.39, 0.29) is 22.9 Å². The number of esters is 1. The molecule has 5 heteroatoms. The maximum atomic E-state index is 12.7. The zero-order valence-corrected chi connectivity index (χ0v) is 25.0. The van der Waals surface area contributed by atoms with Crippen LogP contribution in [0.2, 0.25) is 18.1 Å². The summed E-state index contributed by atoms with van der Waals surface area (Å²) in [6, 6.07) is 8.96. The second kappa shape index (κ2) is 13.2. The summed E-state index contributed by atoms with van der Waals surface area (Å²) < 4.78 is 11.8. The number of hydrogen-bond acceptors (Lipinski definition) is 4. The Hall–Kier alpha value is -1.98. The minimum Gasteiger partial charge on any atom is -0.469 e. The molecule has 0 heterocycles. The zero-order valence-electron chi connectivity index (χ0n) is 24.0. The summed E-state index contributed by atoms with van der Waals surface area (Å²) in [5.74, 6) is 0.675. The molecule has 0 aromatic heterocycles. The minimum absolute atomic E-state index is 0.154. The summed E-state index contributed by atoms with van der Waals surface area (Å²) in [4.78, 5) is 23.9. The first-order chi connectivity index (χ1) is 17.5. The van der Waals surface area contributed by atoms with Crippen molar-refractivity contribution in [1.29, 1.82) is 0 Å². The van der Waals surface area contributed by atoms with Crippen LogP contribution in [0, 0.1) is 5.92 Å². The van der Waals surface area contributed by atoms with Crippen LogP contribution in [0.5, 0.6) is 0 Å². The van der Waals surface area contributed by atoms with Gasteiger partial charge in [-0.3, -0.25) is 9.59 Å². The average Bonchev–Trinajstić information content (AvgIpc) is 3.24. The Morgan fingerprint density at radius 2 is 1.73 bits per heavy atom. The molecule has 3 rings (SSSR count). The Morgan fingerprint density at radius 1 is 1.05 bits per heavy atom. The molecule has 0 amide bonds. The molecule has 0 radical (unpaired) electrons. The summed E-state index contributed by atoms with van der Waals surface area (Å²) in [6.07, 6.45) is 14.8. The number of ether oxygens (including phenoxy) is 1. The Morgan fingerprint density at radius 3 is 2.35 bits per heavy atom. The largest absolute Gasteiger partial charge is 0.469 e. The quantitative estimate of drug-likeness (QED) is 0.126. The Labute approximate surface area is 226 Å². The van der Waals surface area contributed by atoms with Gasteiger partial charge in [-0.25, -0.2) is 0 Å². The van der Waals surface area contributed by atoms with E-state index in [4.69, 9.17) is 4.43 Å². The van der Waals surface area contributed by atoms with Gasteiger partial charge in [0.1, 0.15) is 0 Å². The van der Waals surface area contributed by atoms with Crippen LogP contribution in [0.1, 0.15) is 109 Å². The highest BCUT2D eigenvalue weighted by molar-refractivity contribution is 6.74. The Bertz CT molecular complexity index is 975. The van der Waals surface area contributed by atoms with Crippen molar-refractivity contribution in [1.82, 2.24) is 0 Å². The molecule has 1 saturated carbocycles. The van der Waals surface area contributed by atoms with Crippen molar-refractivity contribution >= 4 is 25.6 Å². The van der Waals surface area contributed by atoms with E-state index in [2.05, 4.69) is 75.0 Å². The van der Waals surface area contributed by atoms with Crippen molar-refractivity contribution in [3.8, 4) is 0 Å². The van der Waals surface area contributed by atoms with Crippen molar-refractivity contribution in [3.63, 3.8) is 0 Å². The third-order valence-electron chi connectivity index (χ3n) is 8.66. The first-order valence-electron chi connectivity index (χ1n) is 14.3. The zero-order chi connectivity index (χ0) is 27.1. The Balaban J connectivity index is 1.76. The first kappa shape index (κ1) is 29.6. The molecule has 4 nitrogen and oxygen atoms in total. The van der Waals surface area contributed by atoms with E-state index in [1.807, 2.05) is 0 Å². The fraction of sp³-hybridized carbons (Fsp3) is 0.625. The highest BCUT2D eigenvalue weighted by Gasteiger charge is 2.41. The van der Waals surface area contributed by atoms with Gasteiger partial charge in [0.2, 0.25) is 0 Å². The molecule has 2 aliphatic carbocycles. The lowest BCUT2D eigenvalue weighted by Gasteiger charge is -2.42. The van der Waals surface area contributed by atoms with Gasteiger partial charge < -0.3 is 9.16 Å². The lowest BCUT2D eigenvalue weighted by molar-refractivity contribution is -0.140. The molecule has 1 aromatic carbocycles. The second-order valence-corrected chi connectivity index (χ2v) is 17.1. The van der Waals surface area contributed by atoms with Gasteiger partial charge in [0.15, 0.2) is 14.1 Å². The predicted octanol–water partition coefficient (Wildman–Crippen LogP) is 8.74. The van der Waals surface area contributed by atoms with E-state index in [9.17, 15) is 9.59 Å². The van der Waals surface area contributed by atoms with Crippen LogP contribution in [0.25, 0.3) is 5.57 Å². The molecule has 0 bridgehead atoms. The molecule has 0 N–H and O–H groups in total. The monoisotopic (exact) mass is 524 g/mol. The minimum atomic E-state index is -1.91. The summed E-state index contributed by atoms with van der Waals surface area (Å²) >= 11 is 0. The van der Waals surface area contributed by atoms with Crippen LogP contribution in [0.3, 0.4) is 0 Å². The number of rotatable bonds is 11. The molecule has 1 unspecified atom stereocenters. The third kappa shape index (κ3) is 8.00. The molecular formula is C32H48O4Si. The highest BCUT2D eigenvalue weighted by Crippen LogP contribution is 2.45. The standard InChI is InChI=1S/C32H48O4Si/c1-32(2,3)37(5,6)36-31(25-14-10-9-11-15-25)26-20-18-24(19-21-26)27-22-23-29(33)28(27)16-12-7-8-13-17-30(34)35-4/h7,12,18-21,25,31H,8-11,13-17,22-23H2,1-6H3. The number of Topliss-reactive ketones (excluding diaryl/α,β-unsaturated/α-hetero) is 1. The third-order valence-corrected chi connectivity index (χ3v) is 13.1. The number of carbonyl (C=O) groups excluding carboxylic acids is 2. The molecule has 0 aliphatic heterocycles. The van der Waals surface area contributed by atoms with E-state index in [0.29, 0.717) is 25.2 Å². The fourth-order valence-corrected chi connectivity index (χ4v) is 6.61. The van der Waals surface area contributed by atoms with Crippen LogP contribution < -0.4 is 0 Å². The second-order valence-electron chi connectivity index (χ2n) is 12.3. The van der Waals surface area contributed by atoms with Gasteiger partial charge in [0.25, 0.3) is 0 Å². The molecule has 2 aliphatic rings. The summed E-state index contributed by atoms with van der Waals surface area (Å²) in [5.41, 5.74) is 4.59. The normalized spacial score (nSPS) is 18.6. The van der Waals surface area contributed by atoms with Crippen molar-refractivity contribution in [3.05, 3.63) is 53.1 Å². The summed E-state index contributed by atoms with van der Waals surface area (Å²) in [5, 5.41) is 0.177. The number of ketones is 1. The SMILES string of the molecule is COC(=O)CCCC=CCC1=C(c2ccc(C(O[Si](C)(C)C(C)(C)C)C3CCCCC3)cc2)CCC1=O. The van der Waals surface area contributed by atoms with E-state index in [1.54, 1.807) is 0 Å². The topological polar surface area (TPSA) is 52.6 Å². The van der Waals surface area contributed by atoms with Crippen LogP contribution >= 0.6 is 0 Å². The van der Waals surface area contributed by atoms with Crippen LogP contribution in [0.4, 0.5) is 0 Å². The lowest BCUT2D eigenvalue weighted by Crippen LogP contribution is -2.43. The van der Waals surface area contributed by atoms with Crippen LogP contribution in [-0.4, -0.2) is 27.2 Å². The van der Waals surface area contributed by atoms with Gasteiger partial charge >= 0.3 is 5.97 Å². The molecule has 204 valence electrons. The number of allylic oxidation sites excluding steroid dienone is 4. The van der Waals surface area contributed by atoms with Crippen molar-refractivity contribution in [2.45, 2.75) is 116 Å². The smallest absolute Gasteiger partial charge is 0.305 e. The van der Waals surface area contributed by atoms with Crippen molar-refractivity contribution in [2.24, 2.45) is 5.92 Å². The number of methoxy groups -OCH3 is 1. The molecule has 37 heavy (non-hydrogen) atoms. The van der Waals surface area contributed by atoms with Crippen LogP contribution in [0.15, 0.2) is 42.0 Å². The molecule has 0 saturated heterocycles. The highest BCUT2D eigenvalue weighted by atomic mass is 28.4. The fourth-order valence-electron chi connectivity index (χ4n) is 5.29. The average molecular weight is 525 g/mol.